The molecule has 0 spiro atoms. The van der Waals surface area contributed by atoms with Crippen molar-refractivity contribution in [2.45, 2.75) is 29.4 Å². The van der Waals surface area contributed by atoms with Gasteiger partial charge in [0.25, 0.3) is 5.91 Å². The molecule has 4 nitrogen and oxygen atoms in total. The van der Waals surface area contributed by atoms with Crippen LogP contribution in [-0.4, -0.2) is 26.6 Å². The maximum absolute atomic E-state index is 12.1. The van der Waals surface area contributed by atoms with Crippen molar-refractivity contribution in [3.8, 4) is 0 Å². The number of hydrogen-bond donors (Lipinski definition) is 1. The number of nitrogens with one attached hydrogen (secondary N) is 1. The van der Waals surface area contributed by atoms with Gasteiger partial charge in [0.05, 0.1) is 10.1 Å². The Morgan fingerprint density at radius 1 is 1.24 bits per heavy atom. The molecule has 0 aromatic heterocycles. The van der Waals surface area contributed by atoms with Crippen molar-refractivity contribution in [1.29, 1.82) is 0 Å². The highest BCUT2D eigenvalue weighted by Gasteiger charge is 2.32. The molecule has 1 amide bonds. The molecule has 0 heterocycles. The van der Waals surface area contributed by atoms with Crippen LogP contribution in [0.5, 0.6) is 0 Å². The van der Waals surface area contributed by atoms with Crippen molar-refractivity contribution >= 4 is 15.7 Å². The maximum atomic E-state index is 12.1. The number of rotatable bonds is 3. The normalized spacial score (nSPS) is 16.3. The lowest BCUT2D eigenvalue weighted by atomic mass is 10.00. The van der Waals surface area contributed by atoms with E-state index < -0.39 is 9.84 Å². The Morgan fingerprint density at radius 2 is 1.82 bits per heavy atom. The lowest BCUT2D eigenvalue weighted by molar-refractivity contribution is 0.0963. The second kappa shape index (κ2) is 4.49. The molecule has 92 valence electrons. The molecule has 1 aliphatic carbocycles. The summed E-state index contributed by atoms with van der Waals surface area (Å²) in [6, 6.07) is 6.12. The molecule has 1 saturated carbocycles. The van der Waals surface area contributed by atoms with Crippen molar-refractivity contribution in [3.63, 3.8) is 0 Å². The van der Waals surface area contributed by atoms with Gasteiger partial charge in [0, 0.05) is 12.6 Å². The average molecular weight is 253 g/mol. The van der Waals surface area contributed by atoms with Crippen LogP contribution in [0.25, 0.3) is 0 Å². The van der Waals surface area contributed by atoms with Crippen molar-refractivity contribution in [2.75, 3.05) is 7.05 Å². The van der Waals surface area contributed by atoms with E-state index in [-0.39, 0.29) is 11.2 Å². The van der Waals surface area contributed by atoms with Crippen LogP contribution in [0, 0.1) is 0 Å². The predicted octanol–water partition coefficient (Wildman–Crippen LogP) is 1.37. The summed E-state index contributed by atoms with van der Waals surface area (Å²) in [4.78, 5) is 11.6. The fraction of sp³-hybridized carbons (Fsp3) is 0.417. The summed E-state index contributed by atoms with van der Waals surface area (Å²) in [5.41, 5.74) is 0.472. The predicted molar refractivity (Wildman–Crippen MR) is 64.7 cm³/mol. The lowest BCUT2D eigenvalue weighted by Gasteiger charge is -2.25. The van der Waals surface area contributed by atoms with E-state index in [0.717, 1.165) is 19.3 Å². The molecule has 1 fully saturated rings. The first-order valence-electron chi connectivity index (χ1n) is 5.62. The van der Waals surface area contributed by atoms with E-state index in [1.807, 2.05) is 0 Å². The topological polar surface area (TPSA) is 63.2 Å². The first kappa shape index (κ1) is 12.1. The third-order valence-electron chi connectivity index (χ3n) is 3.16. The van der Waals surface area contributed by atoms with E-state index in [9.17, 15) is 13.2 Å². The molecule has 0 unspecified atom stereocenters. The molecular weight excluding hydrogens is 238 g/mol. The van der Waals surface area contributed by atoms with Gasteiger partial charge in [0.1, 0.15) is 0 Å². The van der Waals surface area contributed by atoms with Gasteiger partial charge in [-0.25, -0.2) is 8.42 Å². The van der Waals surface area contributed by atoms with E-state index in [1.165, 1.54) is 12.1 Å². The second-order valence-corrected chi connectivity index (χ2v) is 6.43. The number of amides is 1. The summed E-state index contributed by atoms with van der Waals surface area (Å²) in [7, 11) is -1.64. The third-order valence-corrected chi connectivity index (χ3v) is 5.44. The van der Waals surface area contributed by atoms with Gasteiger partial charge in [-0.2, -0.15) is 0 Å². The van der Waals surface area contributed by atoms with Gasteiger partial charge in [-0.3, -0.25) is 4.79 Å². The smallest absolute Gasteiger partial charge is 0.251 e. The summed E-state index contributed by atoms with van der Waals surface area (Å²) in [6.45, 7) is 0. The Kier molecular flexibility index (Phi) is 3.19. The Balaban J connectivity index is 2.26. The molecule has 2 rings (SSSR count). The highest BCUT2D eigenvalue weighted by Crippen LogP contribution is 2.30. The zero-order valence-corrected chi connectivity index (χ0v) is 10.5. The number of sulfone groups is 1. The standard InChI is InChI=1S/C12H15NO3S/c1-13-12(14)9-5-7-11(8-6-9)17(15,16)10-3-2-4-10/h5-8,10H,2-4H2,1H3,(H,13,14). The Bertz CT molecular complexity index is 515. The number of carbonyl (C=O) groups excluding carboxylic acids is 1. The summed E-state index contributed by atoms with van der Waals surface area (Å²) in [5, 5.41) is 2.27. The minimum Gasteiger partial charge on any atom is -0.355 e. The van der Waals surface area contributed by atoms with Crippen LogP contribution >= 0.6 is 0 Å². The molecule has 0 atom stereocenters. The molecule has 1 aromatic carbocycles. The fourth-order valence-electron chi connectivity index (χ4n) is 1.81. The largest absolute Gasteiger partial charge is 0.355 e. The van der Waals surface area contributed by atoms with E-state index >= 15 is 0 Å². The Hall–Kier alpha value is -1.36. The Morgan fingerprint density at radius 3 is 2.24 bits per heavy atom. The molecule has 0 bridgehead atoms. The van der Waals surface area contributed by atoms with Crippen LogP contribution in [0.15, 0.2) is 29.2 Å². The monoisotopic (exact) mass is 253 g/mol. The van der Waals surface area contributed by atoms with Gasteiger partial charge in [-0.05, 0) is 37.1 Å². The molecule has 0 aliphatic heterocycles. The number of benzene rings is 1. The van der Waals surface area contributed by atoms with Gasteiger partial charge < -0.3 is 5.32 Å². The van der Waals surface area contributed by atoms with Crippen molar-refractivity contribution in [1.82, 2.24) is 5.32 Å². The SMILES string of the molecule is CNC(=O)c1ccc(S(=O)(=O)C2CCC2)cc1. The van der Waals surface area contributed by atoms with E-state index in [0.29, 0.717) is 10.5 Å². The van der Waals surface area contributed by atoms with Gasteiger partial charge in [-0.1, -0.05) is 6.42 Å². The zero-order valence-electron chi connectivity index (χ0n) is 9.64. The zero-order chi connectivity index (χ0) is 12.5. The molecule has 1 aliphatic rings. The second-order valence-electron chi connectivity index (χ2n) is 4.20. The molecule has 17 heavy (non-hydrogen) atoms. The first-order valence-corrected chi connectivity index (χ1v) is 7.16. The molecule has 0 saturated heterocycles. The summed E-state index contributed by atoms with van der Waals surface area (Å²) < 4.78 is 24.1. The molecule has 5 heteroatoms. The lowest BCUT2D eigenvalue weighted by Crippen LogP contribution is -2.28. The van der Waals surface area contributed by atoms with Gasteiger partial charge in [0.2, 0.25) is 0 Å². The average Bonchev–Trinajstić information content (AvgIpc) is 2.25. The quantitative estimate of drug-likeness (QED) is 0.885. The van der Waals surface area contributed by atoms with Crippen LogP contribution in [0.1, 0.15) is 29.6 Å². The van der Waals surface area contributed by atoms with Gasteiger partial charge in [-0.15, -0.1) is 0 Å². The van der Waals surface area contributed by atoms with Crippen molar-refractivity contribution in [2.24, 2.45) is 0 Å². The van der Waals surface area contributed by atoms with Crippen LogP contribution in [0.2, 0.25) is 0 Å². The molecule has 1 aromatic rings. The minimum absolute atomic E-state index is 0.211. The van der Waals surface area contributed by atoms with Gasteiger partial charge >= 0.3 is 0 Å². The molecule has 0 radical (unpaired) electrons. The fourth-order valence-corrected chi connectivity index (χ4v) is 3.67. The van der Waals surface area contributed by atoms with Crippen molar-refractivity contribution < 1.29 is 13.2 Å². The number of hydrogen-bond acceptors (Lipinski definition) is 3. The third kappa shape index (κ3) is 2.20. The van der Waals surface area contributed by atoms with E-state index in [4.69, 9.17) is 0 Å². The van der Waals surface area contributed by atoms with Crippen LogP contribution < -0.4 is 5.32 Å². The highest BCUT2D eigenvalue weighted by molar-refractivity contribution is 7.92. The van der Waals surface area contributed by atoms with E-state index in [1.54, 1.807) is 19.2 Å². The number of carbonyl (C=O) groups is 1. The first-order chi connectivity index (χ1) is 8.05. The van der Waals surface area contributed by atoms with Crippen LogP contribution in [0.3, 0.4) is 0 Å². The molecule has 1 N–H and O–H groups in total. The maximum Gasteiger partial charge on any atom is 0.251 e. The Labute approximate surface area is 101 Å². The summed E-state index contributed by atoms with van der Waals surface area (Å²) in [6.07, 6.45) is 2.49. The summed E-state index contributed by atoms with van der Waals surface area (Å²) in [5.74, 6) is -0.211. The summed E-state index contributed by atoms with van der Waals surface area (Å²) >= 11 is 0. The van der Waals surface area contributed by atoms with Gasteiger partial charge in [0.15, 0.2) is 9.84 Å². The van der Waals surface area contributed by atoms with Crippen LogP contribution in [-0.2, 0) is 9.84 Å². The van der Waals surface area contributed by atoms with E-state index in [2.05, 4.69) is 5.32 Å². The van der Waals surface area contributed by atoms with Crippen molar-refractivity contribution in [3.05, 3.63) is 29.8 Å². The minimum atomic E-state index is -3.18. The van der Waals surface area contributed by atoms with Crippen LogP contribution in [0.4, 0.5) is 0 Å². The molecular formula is C12H15NO3S. The highest BCUT2D eigenvalue weighted by atomic mass is 32.2.